The van der Waals surface area contributed by atoms with Crippen LogP contribution in [0.3, 0.4) is 0 Å². The summed E-state index contributed by atoms with van der Waals surface area (Å²) < 4.78 is 32.6. The van der Waals surface area contributed by atoms with E-state index < -0.39 is 7.82 Å². The maximum Gasteiger partial charge on any atom is 0.508 e. The predicted octanol–water partition coefficient (Wildman–Crippen LogP) is 7.00. The third-order valence-corrected chi connectivity index (χ3v) is 6.31. The van der Waals surface area contributed by atoms with Crippen LogP contribution in [-0.4, -0.2) is 37.9 Å². The third-order valence-electron chi connectivity index (χ3n) is 5.53. The summed E-state index contributed by atoms with van der Waals surface area (Å²) in [7, 11) is -4.40. The highest BCUT2D eigenvalue weighted by molar-refractivity contribution is 7.47. The van der Waals surface area contributed by atoms with Gasteiger partial charge in [-0.25, -0.2) is 4.57 Å². The lowest BCUT2D eigenvalue weighted by atomic mass is 10.00. The SMILES string of the molecule is CCCCCCCCCCc1ccc2ccccc2c1OOP(=O)(O)OCCOCCOCC. The van der Waals surface area contributed by atoms with Crippen LogP contribution in [0.2, 0.25) is 0 Å². The summed E-state index contributed by atoms with van der Waals surface area (Å²) >= 11 is 0. The van der Waals surface area contributed by atoms with Crippen LogP contribution in [0.15, 0.2) is 36.4 Å². The molecule has 0 aliphatic heterocycles. The Morgan fingerprint density at radius 1 is 0.794 bits per heavy atom. The number of aryl methyl sites for hydroxylation is 1. The van der Waals surface area contributed by atoms with E-state index >= 15 is 0 Å². The van der Waals surface area contributed by atoms with E-state index in [1.165, 1.54) is 38.5 Å². The second-order valence-electron chi connectivity index (χ2n) is 8.27. The molecule has 2 rings (SSSR count). The third kappa shape index (κ3) is 11.3. The van der Waals surface area contributed by atoms with Crippen molar-refractivity contribution in [2.75, 3.05) is 33.0 Å². The largest absolute Gasteiger partial charge is 0.508 e. The molecule has 0 aliphatic rings. The minimum absolute atomic E-state index is 0.0933. The molecular weight excluding hydrogens is 455 g/mol. The highest BCUT2D eigenvalue weighted by Gasteiger charge is 2.25. The lowest BCUT2D eigenvalue weighted by Crippen LogP contribution is -2.09. The molecule has 0 bridgehead atoms. The Balaban J connectivity index is 1.87. The van der Waals surface area contributed by atoms with Gasteiger partial charge >= 0.3 is 7.82 Å². The molecule has 192 valence electrons. The molecule has 1 atom stereocenters. The summed E-state index contributed by atoms with van der Waals surface area (Å²) in [5.74, 6) is 0.465. The summed E-state index contributed by atoms with van der Waals surface area (Å²) in [4.78, 5) is 15.5. The quantitative estimate of drug-likeness (QED) is 0.0914. The number of phosphoric ester groups is 1. The zero-order valence-electron chi connectivity index (χ0n) is 20.7. The molecule has 34 heavy (non-hydrogen) atoms. The lowest BCUT2D eigenvalue weighted by molar-refractivity contribution is -0.128. The molecule has 0 saturated carbocycles. The summed E-state index contributed by atoms with van der Waals surface area (Å²) in [6.07, 6.45) is 10.7. The Morgan fingerprint density at radius 3 is 2.24 bits per heavy atom. The summed E-state index contributed by atoms with van der Waals surface area (Å²) in [5, 5.41) is 1.80. The molecule has 1 unspecified atom stereocenters. The van der Waals surface area contributed by atoms with Crippen LogP contribution < -0.4 is 4.89 Å². The topological polar surface area (TPSA) is 83.5 Å². The number of rotatable bonds is 20. The van der Waals surface area contributed by atoms with Crippen molar-refractivity contribution in [1.29, 1.82) is 0 Å². The summed E-state index contributed by atoms with van der Waals surface area (Å²) in [6, 6.07) is 11.8. The van der Waals surface area contributed by atoms with Gasteiger partial charge in [-0.3, -0.25) is 4.52 Å². The first-order valence-corrected chi connectivity index (χ1v) is 14.1. The van der Waals surface area contributed by atoms with Crippen LogP contribution in [0.1, 0.15) is 70.8 Å². The first kappa shape index (κ1) is 28.8. The van der Waals surface area contributed by atoms with Gasteiger partial charge in [-0.1, -0.05) is 92.9 Å². The highest BCUT2D eigenvalue weighted by atomic mass is 31.2. The van der Waals surface area contributed by atoms with Crippen LogP contribution in [0, 0.1) is 0 Å². The number of hydrogen-bond acceptors (Lipinski definition) is 6. The maximum absolute atomic E-state index is 12.3. The molecule has 0 radical (unpaired) electrons. The van der Waals surface area contributed by atoms with E-state index in [0.717, 1.165) is 35.6 Å². The predicted molar refractivity (Wildman–Crippen MR) is 135 cm³/mol. The van der Waals surface area contributed by atoms with Crippen LogP contribution in [0.4, 0.5) is 0 Å². The van der Waals surface area contributed by atoms with Gasteiger partial charge in [-0.05, 0) is 30.7 Å². The first-order valence-electron chi connectivity index (χ1n) is 12.6. The molecule has 1 N–H and O–H groups in total. The van der Waals surface area contributed by atoms with Crippen molar-refractivity contribution in [3.05, 3.63) is 42.0 Å². The van der Waals surface area contributed by atoms with Crippen LogP contribution in [0.25, 0.3) is 10.8 Å². The molecule has 0 aromatic heterocycles. The van der Waals surface area contributed by atoms with Gasteiger partial charge in [0.1, 0.15) is 0 Å². The number of phosphoric acid groups is 1. The number of unbranched alkanes of at least 4 members (excludes halogenated alkanes) is 7. The van der Waals surface area contributed by atoms with Crippen molar-refractivity contribution in [3.63, 3.8) is 0 Å². The standard InChI is InChI=1S/C26H41O7P/c1-3-5-6-7-8-9-10-11-15-24-18-17-23-14-12-13-16-25(23)26(24)32-33-34(27,28)31-22-21-30-20-19-29-4-2/h12-14,16-18H,3-11,15,19-22H2,1-2H3,(H,27,28). The summed E-state index contributed by atoms with van der Waals surface area (Å²) in [5.41, 5.74) is 0.948. The number of hydrogen-bond donors (Lipinski definition) is 1. The van der Waals surface area contributed by atoms with Crippen LogP contribution >= 0.6 is 7.82 Å². The molecule has 0 spiro atoms. The van der Waals surface area contributed by atoms with Gasteiger partial charge in [0.05, 0.1) is 26.4 Å². The second-order valence-corrected chi connectivity index (χ2v) is 9.61. The normalized spacial score (nSPS) is 13.3. The van der Waals surface area contributed by atoms with Crippen molar-refractivity contribution in [3.8, 4) is 5.75 Å². The average molecular weight is 497 g/mol. The van der Waals surface area contributed by atoms with Gasteiger partial charge < -0.3 is 19.3 Å². The summed E-state index contributed by atoms with van der Waals surface area (Å²) in [6.45, 7) is 5.67. The Hall–Kier alpha value is -1.47. The van der Waals surface area contributed by atoms with E-state index in [2.05, 4.69) is 6.92 Å². The molecule has 7 nitrogen and oxygen atoms in total. The van der Waals surface area contributed by atoms with E-state index in [4.69, 9.17) is 23.6 Å². The van der Waals surface area contributed by atoms with Gasteiger partial charge in [-0.2, -0.15) is 0 Å². The molecule has 2 aromatic carbocycles. The fraction of sp³-hybridized carbons (Fsp3) is 0.615. The smallest absolute Gasteiger partial charge is 0.379 e. The fourth-order valence-corrected chi connectivity index (χ4v) is 4.23. The molecule has 0 fully saturated rings. The van der Waals surface area contributed by atoms with Crippen LogP contribution in [-0.2, 0) is 29.7 Å². The number of benzene rings is 2. The van der Waals surface area contributed by atoms with Gasteiger partial charge in [-0.15, -0.1) is 0 Å². The van der Waals surface area contributed by atoms with Gasteiger partial charge in [0.15, 0.2) is 5.75 Å². The average Bonchev–Trinajstić information content (AvgIpc) is 2.84. The van der Waals surface area contributed by atoms with E-state index in [1.807, 2.05) is 43.3 Å². The van der Waals surface area contributed by atoms with Crippen LogP contribution in [0.5, 0.6) is 5.75 Å². The minimum Gasteiger partial charge on any atom is -0.379 e. The molecule has 0 heterocycles. The Kier molecular flexibility index (Phi) is 14.4. The highest BCUT2D eigenvalue weighted by Crippen LogP contribution is 2.44. The van der Waals surface area contributed by atoms with Crippen molar-refractivity contribution >= 4 is 18.6 Å². The molecular formula is C26H41O7P. The molecule has 8 heteroatoms. The number of ether oxygens (including phenoxy) is 2. The monoisotopic (exact) mass is 496 g/mol. The van der Waals surface area contributed by atoms with Crippen molar-refractivity contribution in [1.82, 2.24) is 0 Å². The number of fused-ring (bicyclic) bond motifs is 1. The van der Waals surface area contributed by atoms with E-state index in [-0.39, 0.29) is 13.2 Å². The Morgan fingerprint density at radius 2 is 1.47 bits per heavy atom. The maximum atomic E-state index is 12.3. The van der Waals surface area contributed by atoms with Crippen molar-refractivity contribution in [2.24, 2.45) is 0 Å². The minimum atomic E-state index is -4.40. The van der Waals surface area contributed by atoms with Crippen molar-refractivity contribution < 1.29 is 33.0 Å². The molecule has 0 saturated heterocycles. The van der Waals surface area contributed by atoms with E-state index in [0.29, 0.717) is 25.6 Å². The van der Waals surface area contributed by atoms with Gasteiger partial charge in [0.2, 0.25) is 0 Å². The lowest BCUT2D eigenvalue weighted by Gasteiger charge is -2.15. The van der Waals surface area contributed by atoms with E-state index in [9.17, 15) is 9.46 Å². The fourth-order valence-electron chi connectivity index (χ4n) is 3.71. The van der Waals surface area contributed by atoms with E-state index in [1.54, 1.807) is 0 Å². The molecule has 2 aromatic rings. The molecule has 0 aliphatic carbocycles. The molecule has 0 amide bonds. The van der Waals surface area contributed by atoms with Gasteiger partial charge in [0, 0.05) is 12.0 Å². The van der Waals surface area contributed by atoms with Gasteiger partial charge in [0.25, 0.3) is 0 Å². The van der Waals surface area contributed by atoms with Crippen molar-refractivity contribution in [2.45, 2.75) is 71.6 Å². The zero-order valence-corrected chi connectivity index (χ0v) is 21.6. The Bertz CT molecular complexity index is 858. The Labute approximate surface area is 204 Å². The second kappa shape index (κ2) is 17.0. The zero-order chi connectivity index (χ0) is 24.5. The first-order chi connectivity index (χ1) is 16.6.